The minimum Gasteiger partial charge on any atom is -0.488 e. The maximum absolute atomic E-state index is 6.30. The molecule has 0 bridgehead atoms. The molecule has 1 unspecified atom stereocenters. The molecular weight excluding hydrogens is 524 g/mol. The smallest absolute Gasteiger partial charge is 0.127 e. The standard InChI is InChI=1S/C41H52O2/c1-4-5-9-19-35(2)20-18-27-37(24-13-7-12-23-36-21-10-6-11-22-36)32-39-29-30-41(40(33-39)28-16-17-31-42-3)43-34-38-25-14-8-15-26-38/h4-6,8-11,14-16,19,21-22,25-26,28-30,33,37H,2,7,12-13,17-18,20,23-24,27,31-32,34H2,1,3H3/b5-4-,19-9-,28-16-. The minimum absolute atomic E-state index is 0.567. The van der Waals surface area contributed by atoms with Crippen LogP contribution >= 0.6 is 0 Å². The number of unbranched alkanes of at least 4 members (excludes halogenated alkanes) is 2. The predicted octanol–water partition coefficient (Wildman–Crippen LogP) is 11.1. The molecule has 3 aromatic carbocycles. The van der Waals surface area contributed by atoms with Gasteiger partial charge in [-0.25, -0.2) is 0 Å². The first-order valence-corrected chi connectivity index (χ1v) is 16.1. The lowest BCUT2D eigenvalue weighted by atomic mass is 9.88. The van der Waals surface area contributed by atoms with Crippen LogP contribution in [-0.2, 0) is 24.2 Å². The van der Waals surface area contributed by atoms with Gasteiger partial charge < -0.3 is 9.47 Å². The third-order valence-electron chi connectivity index (χ3n) is 7.79. The molecule has 2 heteroatoms. The molecule has 0 fully saturated rings. The van der Waals surface area contributed by atoms with Crippen molar-refractivity contribution >= 4 is 6.08 Å². The molecule has 43 heavy (non-hydrogen) atoms. The van der Waals surface area contributed by atoms with E-state index in [1.54, 1.807) is 7.11 Å². The average Bonchev–Trinajstić information content (AvgIpc) is 3.03. The number of aryl methyl sites for hydroxylation is 1. The van der Waals surface area contributed by atoms with Gasteiger partial charge >= 0.3 is 0 Å². The molecule has 0 N–H and O–H groups in total. The first-order chi connectivity index (χ1) is 21.2. The Kier molecular flexibility index (Phi) is 16.6. The highest BCUT2D eigenvalue weighted by atomic mass is 16.5. The van der Waals surface area contributed by atoms with Crippen LogP contribution in [0.4, 0.5) is 0 Å². The van der Waals surface area contributed by atoms with Gasteiger partial charge in [0.05, 0.1) is 0 Å². The Labute approximate surface area is 261 Å². The van der Waals surface area contributed by atoms with Crippen LogP contribution in [0, 0.1) is 5.92 Å². The highest BCUT2D eigenvalue weighted by molar-refractivity contribution is 5.58. The van der Waals surface area contributed by atoms with Gasteiger partial charge in [-0.2, -0.15) is 0 Å². The zero-order valence-electron chi connectivity index (χ0n) is 26.6. The van der Waals surface area contributed by atoms with Crippen LogP contribution in [-0.4, -0.2) is 13.7 Å². The molecule has 0 radical (unpaired) electrons. The van der Waals surface area contributed by atoms with Crippen molar-refractivity contribution in [3.63, 3.8) is 0 Å². The summed E-state index contributed by atoms with van der Waals surface area (Å²) in [6.07, 6.45) is 24.4. The highest BCUT2D eigenvalue weighted by Gasteiger charge is 2.12. The Morgan fingerprint density at radius 1 is 0.814 bits per heavy atom. The van der Waals surface area contributed by atoms with Crippen LogP contribution in [0.15, 0.2) is 121 Å². The Morgan fingerprint density at radius 2 is 1.56 bits per heavy atom. The van der Waals surface area contributed by atoms with Crippen LogP contribution in [0.1, 0.15) is 80.5 Å². The second kappa shape index (κ2) is 21.1. The molecule has 2 nitrogen and oxygen atoms in total. The molecule has 0 aliphatic carbocycles. The van der Waals surface area contributed by atoms with E-state index < -0.39 is 0 Å². The normalized spacial score (nSPS) is 12.4. The summed E-state index contributed by atoms with van der Waals surface area (Å²) in [4.78, 5) is 0. The van der Waals surface area contributed by atoms with Crippen LogP contribution in [0.3, 0.4) is 0 Å². The molecule has 3 rings (SSSR count). The summed E-state index contributed by atoms with van der Waals surface area (Å²) >= 11 is 0. The molecule has 228 valence electrons. The Morgan fingerprint density at radius 3 is 2.30 bits per heavy atom. The van der Waals surface area contributed by atoms with Gasteiger partial charge in [0.15, 0.2) is 0 Å². The van der Waals surface area contributed by atoms with Gasteiger partial charge in [0.25, 0.3) is 0 Å². The van der Waals surface area contributed by atoms with E-state index in [1.807, 2.05) is 13.0 Å². The summed E-state index contributed by atoms with van der Waals surface area (Å²) in [5, 5.41) is 0. The third-order valence-corrected chi connectivity index (χ3v) is 7.79. The molecule has 0 aliphatic rings. The van der Waals surface area contributed by atoms with Gasteiger partial charge in [-0.05, 0) is 86.6 Å². The predicted molar refractivity (Wildman–Crippen MR) is 185 cm³/mol. The zero-order valence-corrected chi connectivity index (χ0v) is 26.6. The van der Waals surface area contributed by atoms with Crippen LogP contribution < -0.4 is 4.74 Å². The van der Waals surface area contributed by atoms with E-state index in [0.29, 0.717) is 12.5 Å². The van der Waals surface area contributed by atoms with E-state index in [4.69, 9.17) is 9.47 Å². The number of allylic oxidation sites excluding steroid dienone is 5. The topological polar surface area (TPSA) is 18.5 Å². The number of methoxy groups -OCH3 is 1. The largest absolute Gasteiger partial charge is 0.488 e. The lowest BCUT2D eigenvalue weighted by Crippen LogP contribution is -2.06. The second-order valence-corrected chi connectivity index (χ2v) is 11.4. The van der Waals surface area contributed by atoms with E-state index in [1.165, 1.54) is 67.2 Å². The summed E-state index contributed by atoms with van der Waals surface area (Å²) in [6.45, 7) is 7.60. The number of ether oxygens (including phenoxy) is 2. The summed E-state index contributed by atoms with van der Waals surface area (Å²) in [7, 11) is 1.75. The van der Waals surface area contributed by atoms with Crippen molar-refractivity contribution in [2.45, 2.75) is 77.7 Å². The maximum Gasteiger partial charge on any atom is 0.127 e. The fraction of sp³-hybridized carbons (Fsp3) is 0.366. The lowest BCUT2D eigenvalue weighted by molar-refractivity contribution is 0.204. The molecule has 0 heterocycles. The maximum atomic E-state index is 6.30. The fourth-order valence-corrected chi connectivity index (χ4v) is 5.39. The second-order valence-electron chi connectivity index (χ2n) is 11.4. The van der Waals surface area contributed by atoms with E-state index in [2.05, 4.69) is 116 Å². The number of benzene rings is 3. The van der Waals surface area contributed by atoms with Gasteiger partial charge in [0.1, 0.15) is 12.4 Å². The van der Waals surface area contributed by atoms with Crippen molar-refractivity contribution in [3.8, 4) is 5.75 Å². The average molecular weight is 577 g/mol. The third kappa shape index (κ3) is 14.4. The van der Waals surface area contributed by atoms with Gasteiger partial charge in [-0.15, -0.1) is 0 Å². The van der Waals surface area contributed by atoms with E-state index in [-0.39, 0.29) is 0 Å². The van der Waals surface area contributed by atoms with Crippen LogP contribution in [0.2, 0.25) is 0 Å². The first kappa shape index (κ1) is 33.9. The quantitative estimate of drug-likeness (QED) is 0.0927. The van der Waals surface area contributed by atoms with Crippen molar-refractivity contribution in [1.82, 2.24) is 0 Å². The Bertz CT molecular complexity index is 1250. The van der Waals surface area contributed by atoms with Gasteiger partial charge in [-0.3, -0.25) is 0 Å². The minimum atomic E-state index is 0.567. The number of hydrogen-bond acceptors (Lipinski definition) is 2. The molecule has 1 atom stereocenters. The van der Waals surface area contributed by atoms with E-state index in [9.17, 15) is 0 Å². The van der Waals surface area contributed by atoms with Gasteiger partial charge in [-0.1, -0.05) is 135 Å². The SMILES string of the molecule is C=C(/C=C\C=C/C)CCCC(CCCCCc1ccccc1)Cc1ccc(OCc2ccccc2)c(/C=C\CCOC)c1. The molecule has 0 amide bonds. The summed E-state index contributed by atoms with van der Waals surface area (Å²) in [5.74, 6) is 1.59. The summed E-state index contributed by atoms with van der Waals surface area (Å²) < 4.78 is 11.6. The Balaban J connectivity index is 1.65. The highest BCUT2D eigenvalue weighted by Crippen LogP contribution is 2.28. The summed E-state index contributed by atoms with van der Waals surface area (Å²) in [6, 6.07) is 28.0. The van der Waals surface area contributed by atoms with E-state index >= 15 is 0 Å². The summed E-state index contributed by atoms with van der Waals surface area (Å²) in [5.41, 5.74) is 6.37. The Hall–Kier alpha value is -3.62. The molecule has 0 aromatic heterocycles. The van der Waals surface area contributed by atoms with Crippen molar-refractivity contribution in [1.29, 1.82) is 0 Å². The van der Waals surface area contributed by atoms with Crippen LogP contribution in [0.25, 0.3) is 6.08 Å². The molecule has 3 aromatic rings. The van der Waals surface area contributed by atoms with E-state index in [0.717, 1.165) is 37.2 Å². The molecule has 0 saturated carbocycles. The van der Waals surface area contributed by atoms with Crippen molar-refractivity contribution in [2.75, 3.05) is 13.7 Å². The number of rotatable bonds is 21. The molecular formula is C41H52O2. The molecule has 0 aliphatic heterocycles. The zero-order chi connectivity index (χ0) is 30.4. The van der Waals surface area contributed by atoms with Gasteiger partial charge in [0, 0.05) is 19.3 Å². The van der Waals surface area contributed by atoms with Crippen LogP contribution in [0.5, 0.6) is 5.75 Å². The van der Waals surface area contributed by atoms with Crippen molar-refractivity contribution in [2.24, 2.45) is 5.92 Å². The van der Waals surface area contributed by atoms with Crippen molar-refractivity contribution < 1.29 is 9.47 Å². The lowest BCUT2D eigenvalue weighted by Gasteiger charge is -2.19. The fourth-order valence-electron chi connectivity index (χ4n) is 5.39. The van der Waals surface area contributed by atoms with Crippen molar-refractivity contribution in [3.05, 3.63) is 144 Å². The number of hydrogen-bond donors (Lipinski definition) is 0. The molecule has 0 spiro atoms. The monoisotopic (exact) mass is 576 g/mol. The molecule has 0 saturated heterocycles. The first-order valence-electron chi connectivity index (χ1n) is 16.1. The van der Waals surface area contributed by atoms with Gasteiger partial charge in [0.2, 0.25) is 0 Å².